The Balaban J connectivity index is 1.66. The van der Waals surface area contributed by atoms with E-state index in [0.717, 1.165) is 29.7 Å². The van der Waals surface area contributed by atoms with Crippen LogP contribution in [0.15, 0.2) is 0 Å². The lowest BCUT2D eigenvalue weighted by atomic mass is 9.61. The minimum Gasteiger partial charge on any atom is -0.303 e. The van der Waals surface area contributed by atoms with Crippen LogP contribution in [-0.2, 0) is 0 Å². The zero-order valence-corrected chi connectivity index (χ0v) is 12.4. The molecule has 0 amide bonds. The topological polar surface area (TPSA) is 3.24 Å². The highest BCUT2D eigenvalue weighted by atomic mass is 15.1. The van der Waals surface area contributed by atoms with E-state index in [2.05, 4.69) is 18.9 Å². The molecule has 1 saturated heterocycles. The van der Waals surface area contributed by atoms with Crippen molar-refractivity contribution in [3.63, 3.8) is 0 Å². The van der Waals surface area contributed by atoms with E-state index in [4.69, 9.17) is 0 Å². The van der Waals surface area contributed by atoms with Crippen LogP contribution in [0.1, 0.15) is 64.7 Å². The van der Waals surface area contributed by atoms with Gasteiger partial charge >= 0.3 is 0 Å². The molecule has 0 bridgehead atoms. The largest absolute Gasteiger partial charge is 0.303 e. The summed E-state index contributed by atoms with van der Waals surface area (Å²) in [5.41, 5.74) is 0. The van der Waals surface area contributed by atoms with E-state index in [0.29, 0.717) is 0 Å². The molecule has 2 saturated carbocycles. The molecule has 2 aliphatic carbocycles. The summed E-state index contributed by atoms with van der Waals surface area (Å²) >= 11 is 0. The molecule has 0 spiro atoms. The molecule has 0 aromatic heterocycles. The Kier molecular flexibility index (Phi) is 3.98. The predicted molar refractivity (Wildman–Crippen MR) is 77.6 cm³/mol. The van der Waals surface area contributed by atoms with E-state index in [1.54, 1.807) is 19.3 Å². The van der Waals surface area contributed by atoms with Crippen LogP contribution in [0.5, 0.6) is 0 Å². The van der Waals surface area contributed by atoms with Crippen LogP contribution < -0.4 is 0 Å². The summed E-state index contributed by atoms with van der Waals surface area (Å²) in [5, 5.41) is 0. The zero-order valence-electron chi connectivity index (χ0n) is 12.4. The van der Waals surface area contributed by atoms with Crippen molar-refractivity contribution < 1.29 is 0 Å². The molecular formula is C17H31N. The van der Waals surface area contributed by atoms with Gasteiger partial charge in [0.15, 0.2) is 0 Å². The second-order valence-corrected chi connectivity index (χ2v) is 7.46. The van der Waals surface area contributed by atoms with Gasteiger partial charge in [-0.15, -0.1) is 0 Å². The third-order valence-corrected chi connectivity index (χ3v) is 6.35. The average Bonchev–Trinajstić information content (AvgIpc) is 2.39. The first-order valence-corrected chi connectivity index (χ1v) is 8.46. The first-order chi connectivity index (χ1) is 8.75. The molecule has 3 aliphatic rings. The SMILES string of the molecule is CC1CC([C@H]2CCCCN2C)C[C@H]2CCCCC12. The van der Waals surface area contributed by atoms with E-state index in [1.807, 2.05) is 0 Å². The highest BCUT2D eigenvalue weighted by Gasteiger charge is 2.40. The van der Waals surface area contributed by atoms with Crippen LogP contribution in [0.25, 0.3) is 0 Å². The van der Waals surface area contributed by atoms with E-state index >= 15 is 0 Å². The van der Waals surface area contributed by atoms with E-state index in [-0.39, 0.29) is 0 Å². The molecule has 1 aliphatic heterocycles. The highest BCUT2D eigenvalue weighted by Crippen LogP contribution is 2.47. The van der Waals surface area contributed by atoms with Gasteiger partial charge in [-0.1, -0.05) is 32.6 Å². The van der Waals surface area contributed by atoms with Gasteiger partial charge in [0.1, 0.15) is 0 Å². The van der Waals surface area contributed by atoms with E-state index in [1.165, 1.54) is 45.1 Å². The molecule has 0 aromatic rings. The third-order valence-electron chi connectivity index (χ3n) is 6.35. The van der Waals surface area contributed by atoms with Gasteiger partial charge in [-0.3, -0.25) is 0 Å². The van der Waals surface area contributed by atoms with Gasteiger partial charge in [0.25, 0.3) is 0 Å². The van der Waals surface area contributed by atoms with Gasteiger partial charge in [0, 0.05) is 6.04 Å². The quantitative estimate of drug-likeness (QED) is 0.669. The minimum atomic E-state index is 0.920. The van der Waals surface area contributed by atoms with E-state index in [9.17, 15) is 0 Å². The molecule has 3 unspecified atom stereocenters. The molecular weight excluding hydrogens is 218 g/mol. The van der Waals surface area contributed by atoms with Crippen molar-refractivity contribution in [3.8, 4) is 0 Å². The number of piperidine rings is 1. The summed E-state index contributed by atoms with van der Waals surface area (Å²) in [4.78, 5) is 2.68. The molecule has 5 atom stereocenters. The lowest BCUT2D eigenvalue weighted by Crippen LogP contribution is -2.46. The van der Waals surface area contributed by atoms with Gasteiger partial charge in [-0.05, 0) is 69.4 Å². The number of nitrogens with zero attached hydrogens (tertiary/aromatic N) is 1. The summed E-state index contributed by atoms with van der Waals surface area (Å²) < 4.78 is 0. The van der Waals surface area contributed by atoms with Crippen molar-refractivity contribution in [2.45, 2.75) is 70.8 Å². The van der Waals surface area contributed by atoms with Crippen molar-refractivity contribution in [1.29, 1.82) is 0 Å². The molecule has 3 fully saturated rings. The molecule has 1 heteroatoms. The number of fused-ring (bicyclic) bond motifs is 1. The fourth-order valence-electron chi connectivity index (χ4n) is 5.43. The van der Waals surface area contributed by atoms with Crippen LogP contribution >= 0.6 is 0 Å². The second kappa shape index (κ2) is 5.53. The smallest absolute Gasteiger partial charge is 0.0121 e. The fraction of sp³-hybridized carbons (Fsp3) is 1.00. The molecule has 18 heavy (non-hydrogen) atoms. The molecule has 1 nitrogen and oxygen atoms in total. The minimum absolute atomic E-state index is 0.920. The molecule has 0 radical (unpaired) electrons. The normalized spacial score (nSPS) is 46.7. The van der Waals surface area contributed by atoms with Crippen molar-refractivity contribution >= 4 is 0 Å². The second-order valence-electron chi connectivity index (χ2n) is 7.46. The summed E-state index contributed by atoms with van der Waals surface area (Å²) in [6.45, 7) is 3.90. The Morgan fingerprint density at radius 1 is 0.833 bits per heavy atom. The van der Waals surface area contributed by atoms with Gasteiger partial charge < -0.3 is 4.90 Å². The van der Waals surface area contributed by atoms with Crippen molar-refractivity contribution in [1.82, 2.24) is 4.90 Å². The maximum Gasteiger partial charge on any atom is 0.0121 e. The maximum absolute atomic E-state index is 2.68. The molecule has 1 heterocycles. The zero-order chi connectivity index (χ0) is 12.5. The number of rotatable bonds is 1. The third kappa shape index (κ3) is 2.48. The Hall–Kier alpha value is -0.0400. The molecule has 3 rings (SSSR count). The number of likely N-dealkylation sites (tertiary alicyclic amines) is 1. The Labute approximate surface area is 113 Å². The van der Waals surface area contributed by atoms with Crippen molar-refractivity contribution in [3.05, 3.63) is 0 Å². The average molecular weight is 249 g/mol. The monoisotopic (exact) mass is 249 g/mol. The van der Waals surface area contributed by atoms with Crippen LogP contribution in [0.4, 0.5) is 0 Å². The van der Waals surface area contributed by atoms with Gasteiger partial charge in [0.2, 0.25) is 0 Å². The van der Waals surface area contributed by atoms with Gasteiger partial charge in [-0.25, -0.2) is 0 Å². The predicted octanol–water partition coefficient (Wildman–Crippen LogP) is 4.32. The lowest BCUT2D eigenvalue weighted by Gasteiger charge is -2.48. The Morgan fingerprint density at radius 2 is 1.61 bits per heavy atom. The van der Waals surface area contributed by atoms with Crippen molar-refractivity contribution in [2.24, 2.45) is 23.7 Å². The summed E-state index contributed by atoms with van der Waals surface area (Å²) in [6.07, 6.45) is 13.6. The van der Waals surface area contributed by atoms with Gasteiger partial charge in [0.05, 0.1) is 0 Å². The van der Waals surface area contributed by atoms with E-state index < -0.39 is 0 Å². The first-order valence-electron chi connectivity index (χ1n) is 8.46. The fourth-order valence-corrected chi connectivity index (χ4v) is 5.43. The summed E-state index contributed by atoms with van der Waals surface area (Å²) in [7, 11) is 2.38. The highest BCUT2D eigenvalue weighted by molar-refractivity contribution is 4.92. The van der Waals surface area contributed by atoms with Crippen LogP contribution in [0, 0.1) is 23.7 Å². The summed E-state index contributed by atoms with van der Waals surface area (Å²) in [6, 6.07) is 0.920. The molecule has 0 aromatic carbocycles. The number of hydrogen-bond donors (Lipinski definition) is 0. The van der Waals surface area contributed by atoms with Crippen LogP contribution in [-0.4, -0.2) is 24.5 Å². The maximum atomic E-state index is 2.68. The first kappa shape index (κ1) is 13.0. The van der Waals surface area contributed by atoms with Crippen LogP contribution in [0.3, 0.4) is 0 Å². The molecule has 104 valence electrons. The lowest BCUT2D eigenvalue weighted by molar-refractivity contribution is 0.0218. The van der Waals surface area contributed by atoms with Gasteiger partial charge in [-0.2, -0.15) is 0 Å². The number of hydrogen-bond acceptors (Lipinski definition) is 1. The Morgan fingerprint density at radius 3 is 2.44 bits per heavy atom. The molecule has 0 N–H and O–H groups in total. The Bertz CT molecular complexity index is 275. The summed E-state index contributed by atoms with van der Waals surface area (Å²) in [5.74, 6) is 4.20. The standard InChI is InChI=1S/C17H31N/c1-13-11-15(17-9-5-6-10-18(17)2)12-14-7-3-4-8-16(13)14/h13-17H,3-12H2,1-2H3/t13?,14-,15?,16?,17-/m1/s1. The van der Waals surface area contributed by atoms with Crippen molar-refractivity contribution in [2.75, 3.05) is 13.6 Å². The van der Waals surface area contributed by atoms with Crippen LogP contribution in [0.2, 0.25) is 0 Å².